The Morgan fingerprint density at radius 2 is 1.77 bits per heavy atom. The minimum absolute atomic E-state index is 0.0480. The summed E-state index contributed by atoms with van der Waals surface area (Å²) in [6, 6.07) is 9.31. The number of likely N-dealkylation sites (tertiary alicyclic amines) is 1. The maximum atomic E-state index is 14.5. The van der Waals surface area contributed by atoms with E-state index in [1.54, 1.807) is 33.7 Å². The monoisotopic (exact) mass is 565 g/mol. The van der Waals surface area contributed by atoms with Gasteiger partial charge in [-0.05, 0) is 38.2 Å². The summed E-state index contributed by atoms with van der Waals surface area (Å²) in [4.78, 5) is 48.5. The fourth-order valence-corrected chi connectivity index (χ4v) is 10.3. The zero-order chi connectivity index (χ0) is 28.5. The Bertz CT molecular complexity index is 1140. The van der Waals surface area contributed by atoms with Gasteiger partial charge in [-0.15, -0.1) is 24.9 Å². The molecule has 40 heavy (non-hydrogen) atoms. The summed E-state index contributed by atoms with van der Waals surface area (Å²) in [7, 11) is 0. The van der Waals surface area contributed by atoms with Crippen LogP contribution in [0.4, 0.5) is 0 Å². The Labute approximate surface area is 242 Å². The molecular weight excluding hydrogens is 522 g/mol. The lowest BCUT2D eigenvalue weighted by Gasteiger charge is -2.41. The van der Waals surface area contributed by atoms with Gasteiger partial charge >= 0.3 is 0 Å². The summed E-state index contributed by atoms with van der Waals surface area (Å²) in [6.45, 7) is 11.1. The predicted molar refractivity (Wildman–Crippen MR) is 158 cm³/mol. The van der Waals surface area contributed by atoms with Gasteiger partial charge in [-0.1, -0.05) is 61.7 Å². The number of aliphatic hydroxyl groups is 1. The number of fused-ring (bicyclic) bond motifs is 1. The molecule has 1 aromatic rings. The van der Waals surface area contributed by atoms with E-state index in [9.17, 15) is 19.5 Å². The fourth-order valence-electron chi connectivity index (χ4n) is 7.93. The van der Waals surface area contributed by atoms with Gasteiger partial charge in [0.15, 0.2) is 0 Å². The lowest BCUT2D eigenvalue weighted by Crippen LogP contribution is -2.57. The first-order valence-corrected chi connectivity index (χ1v) is 15.6. The van der Waals surface area contributed by atoms with Crippen LogP contribution in [0.25, 0.3) is 0 Å². The first-order chi connectivity index (χ1) is 19.3. The van der Waals surface area contributed by atoms with Crippen LogP contribution in [0.15, 0.2) is 55.6 Å². The first kappa shape index (κ1) is 28.9. The van der Waals surface area contributed by atoms with E-state index in [-0.39, 0.29) is 36.9 Å². The van der Waals surface area contributed by atoms with Crippen molar-refractivity contribution in [3.05, 3.63) is 61.2 Å². The second-order valence-electron chi connectivity index (χ2n) is 12.0. The zero-order valence-corrected chi connectivity index (χ0v) is 24.5. The van der Waals surface area contributed by atoms with E-state index in [0.717, 1.165) is 37.7 Å². The molecule has 1 spiro atoms. The van der Waals surface area contributed by atoms with Crippen molar-refractivity contribution in [2.45, 2.75) is 80.0 Å². The van der Waals surface area contributed by atoms with Crippen LogP contribution in [-0.4, -0.2) is 85.3 Å². The van der Waals surface area contributed by atoms with E-state index in [1.165, 1.54) is 6.42 Å². The normalized spacial score (nSPS) is 31.2. The van der Waals surface area contributed by atoms with Gasteiger partial charge in [0.1, 0.15) is 6.04 Å². The largest absolute Gasteiger partial charge is 0.395 e. The highest BCUT2D eigenvalue weighted by Gasteiger charge is 2.77. The van der Waals surface area contributed by atoms with Gasteiger partial charge in [-0.3, -0.25) is 14.4 Å². The van der Waals surface area contributed by atoms with Crippen molar-refractivity contribution in [2.75, 3.05) is 26.2 Å². The van der Waals surface area contributed by atoms with E-state index < -0.39 is 27.4 Å². The predicted octanol–water partition coefficient (Wildman–Crippen LogP) is 4.02. The Hall–Kier alpha value is -2.58. The van der Waals surface area contributed by atoms with Crippen molar-refractivity contribution in [3.8, 4) is 0 Å². The molecule has 0 radical (unpaired) electrons. The summed E-state index contributed by atoms with van der Waals surface area (Å²) in [6.07, 6.45) is 10.3. The molecule has 0 aromatic heterocycles. The molecule has 3 aliphatic heterocycles. The molecule has 2 bridgehead atoms. The van der Waals surface area contributed by atoms with E-state index in [1.807, 2.05) is 35.2 Å². The summed E-state index contributed by atoms with van der Waals surface area (Å²) >= 11 is 1.69. The maximum Gasteiger partial charge on any atom is 0.247 e. The van der Waals surface area contributed by atoms with Crippen LogP contribution in [0, 0.1) is 11.8 Å². The van der Waals surface area contributed by atoms with E-state index in [4.69, 9.17) is 0 Å². The lowest BCUT2D eigenvalue weighted by molar-refractivity contribution is -0.146. The van der Waals surface area contributed by atoms with Gasteiger partial charge in [0, 0.05) is 37.0 Å². The van der Waals surface area contributed by atoms with Gasteiger partial charge in [-0.25, -0.2) is 0 Å². The minimum Gasteiger partial charge on any atom is -0.395 e. The van der Waals surface area contributed by atoms with Crippen LogP contribution < -0.4 is 0 Å². The molecule has 7 nitrogen and oxygen atoms in total. The summed E-state index contributed by atoms with van der Waals surface area (Å²) in [5.41, 5.74) is 1.02. The fraction of sp³-hybridized carbons (Fsp3) is 0.594. The third-order valence-corrected chi connectivity index (χ3v) is 11.6. The standard InChI is InChI=1S/C32H43N3O4S/c1-4-18-33(22-23-12-8-6-9-13-23)28(37)25-26-29(38)35(20-21-36)27(32(26)17-16-31(25,3)40-32)30(39)34(19-5-2)24-14-10-7-11-15-24/h4-6,8-9,12-13,24-27,36H,1-2,7,10-11,14-22H2,3H3/t25-,26-,27?,31+,32?/m0/s1. The van der Waals surface area contributed by atoms with Crippen molar-refractivity contribution >= 4 is 29.5 Å². The van der Waals surface area contributed by atoms with Crippen LogP contribution in [0.5, 0.6) is 0 Å². The Morgan fingerprint density at radius 1 is 1.07 bits per heavy atom. The Balaban J connectivity index is 1.51. The molecule has 1 N–H and O–H groups in total. The molecule has 5 atom stereocenters. The molecule has 2 unspecified atom stereocenters. The number of rotatable bonds is 11. The first-order valence-electron chi connectivity index (χ1n) is 14.8. The topological polar surface area (TPSA) is 81.2 Å². The summed E-state index contributed by atoms with van der Waals surface area (Å²) in [5, 5.41) is 9.99. The van der Waals surface area contributed by atoms with Crippen molar-refractivity contribution in [3.63, 3.8) is 0 Å². The van der Waals surface area contributed by atoms with Crippen molar-refractivity contribution in [1.29, 1.82) is 0 Å². The second-order valence-corrected chi connectivity index (χ2v) is 13.9. The minimum atomic E-state index is -0.689. The van der Waals surface area contributed by atoms with Crippen molar-refractivity contribution in [1.82, 2.24) is 14.7 Å². The number of aliphatic hydroxyl groups excluding tert-OH is 1. The van der Waals surface area contributed by atoms with Gasteiger partial charge in [0.2, 0.25) is 17.7 Å². The van der Waals surface area contributed by atoms with Crippen LogP contribution in [0.3, 0.4) is 0 Å². The third-order valence-electron chi connectivity index (χ3n) is 9.62. The Kier molecular flexibility index (Phi) is 8.48. The molecule has 5 rings (SSSR count). The second kappa shape index (κ2) is 11.7. The third kappa shape index (κ3) is 4.81. The summed E-state index contributed by atoms with van der Waals surface area (Å²) < 4.78 is -1.12. The molecule has 3 heterocycles. The molecule has 1 saturated carbocycles. The number of amides is 3. The molecule has 4 aliphatic rings. The number of benzene rings is 1. The van der Waals surface area contributed by atoms with Gasteiger partial charge in [0.25, 0.3) is 0 Å². The quantitative estimate of drug-likeness (QED) is 0.410. The SMILES string of the molecule is C=CCN(Cc1ccccc1)C(=O)[C@@H]1[C@H]2C(=O)N(CCO)C(C(=O)N(CC=C)C3CCCCC3)C23CC[C@@]1(C)S3. The van der Waals surface area contributed by atoms with E-state index in [0.29, 0.717) is 26.1 Å². The smallest absolute Gasteiger partial charge is 0.247 e. The highest BCUT2D eigenvalue weighted by Crippen LogP contribution is 2.71. The van der Waals surface area contributed by atoms with Gasteiger partial charge in [0.05, 0.1) is 23.2 Å². The highest BCUT2D eigenvalue weighted by atomic mass is 32.2. The number of hydrogen-bond acceptors (Lipinski definition) is 5. The molecule has 1 aliphatic carbocycles. The zero-order valence-electron chi connectivity index (χ0n) is 23.7. The average Bonchev–Trinajstić information content (AvgIpc) is 3.53. The number of β-amino-alcohol motifs (C(OH)–C–C–N with tert-alkyl or cyclic N) is 1. The molecular formula is C32H43N3O4S. The summed E-state index contributed by atoms with van der Waals surface area (Å²) in [5.74, 6) is -1.39. The number of hydrogen-bond donors (Lipinski definition) is 1. The maximum absolute atomic E-state index is 14.5. The average molecular weight is 566 g/mol. The number of carbonyl (C=O) groups excluding carboxylic acids is 3. The van der Waals surface area contributed by atoms with Crippen LogP contribution in [-0.2, 0) is 20.9 Å². The molecule has 3 amide bonds. The van der Waals surface area contributed by atoms with Crippen LogP contribution in [0.1, 0.15) is 57.4 Å². The van der Waals surface area contributed by atoms with Crippen molar-refractivity contribution in [2.24, 2.45) is 11.8 Å². The van der Waals surface area contributed by atoms with Crippen molar-refractivity contribution < 1.29 is 19.5 Å². The molecule has 3 saturated heterocycles. The molecule has 216 valence electrons. The highest BCUT2D eigenvalue weighted by molar-refractivity contribution is 8.02. The van der Waals surface area contributed by atoms with E-state index in [2.05, 4.69) is 20.1 Å². The lowest BCUT2D eigenvalue weighted by atomic mass is 9.66. The van der Waals surface area contributed by atoms with Crippen LogP contribution >= 0.6 is 11.8 Å². The van der Waals surface area contributed by atoms with Crippen LogP contribution in [0.2, 0.25) is 0 Å². The van der Waals surface area contributed by atoms with E-state index >= 15 is 0 Å². The number of nitrogens with zero attached hydrogens (tertiary/aromatic N) is 3. The molecule has 8 heteroatoms. The van der Waals surface area contributed by atoms with Gasteiger partial charge < -0.3 is 19.8 Å². The number of carbonyl (C=O) groups is 3. The van der Waals surface area contributed by atoms with Gasteiger partial charge in [-0.2, -0.15) is 0 Å². The Morgan fingerprint density at radius 3 is 2.42 bits per heavy atom. The number of thioether (sulfide) groups is 1. The molecule has 1 aromatic carbocycles. The molecule has 4 fully saturated rings.